The highest BCUT2D eigenvalue weighted by molar-refractivity contribution is 7.99. The van der Waals surface area contributed by atoms with Crippen molar-refractivity contribution in [2.45, 2.75) is 12.1 Å². The Hall–Kier alpha value is -1.11. The van der Waals surface area contributed by atoms with Gasteiger partial charge in [-0.25, -0.2) is 4.98 Å². The second kappa shape index (κ2) is 4.82. The van der Waals surface area contributed by atoms with Crippen molar-refractivity contribution in [2.75, 3.05) is 5.75 Å². The maximum Gasteiger partial charge on any atom is 0.169 e. The summed E-state index contributed by atoms with van der Waals surface area (Å²) in [4.78, 5) is 4.52. The number of aromatic nitrogens is 2. The van der Waals surface area contributed by atoms with E-state index in [2.05, 4.69) is 21.4 Å². The van der Waals surface area contributed by atoms with Gasteiger partial charge in [0.1, 0.15) is 0 Å². The molecule has 1 aromatic heterocycles. The molecule has 0 aliphatic carbocycles. The first kappa shape index (κ1) is 11.4. The normalized spacial score (nSPS) is 10.2. The van der Waals surface area contributed by atoms with Gasteiger partial charge in [0, 0.05) is 12.1 Å². The van der Waals surface area contributed by atoms with Crippen molar-refractivity contribution in [3.8, 4) is 11.8 Å². The predicted molar refractivity (Wildman–Crippen MR) is 69.9 cm³/mol. The second-order valence-electron chi connectivity index (χ2n) is 3.30. The zero-order valence-corrected chi connectivity index (χ0v) is 10.7. The average Bonchev–Trinajstić information content (AvgIpc) is 2.56. The van der Waals surface area contributed by atoms with Gasteiger partial charge in [-0.3, -0.25) is 0 Å². The van der Waals surface area contributed by atoms with Gasteiger partial charge in [0.2, 0.25) is 0 Å². The smallest absolute Gasteiger partial charge is 0.169 e. The maximum atomic E-state index is 5.93. The molecule has 0 fully saturated rings. The number of nitrogens with zero attached hydrogens (tertiary/aromatic N) is 2. The number of hydrogen-bond acceptors (Lipinski definition) is 2. The van der Waals surface area contributed by atoms with Crippen molar-refractivity contribution in [2.24, 2.45) is 7.05 Å². The van der Waals surface area contributed by atoms with E-state index in [9.17, 15) is 0 Å². The first-order chi connectivity index (χ1) is 7.72. The molecule has 0 spiro atoms. The summed E-state index contributed by atoms with van der Waals surface area (Å²) in [6.07, 6.45) is 0. The highest BCUT2D eigenvalue weighted by Gasteiger charge is 2.07. The molecule has 0 saturated heterocycles. The van der Waals surface area contributed by atoms with Crippen molar-refractivity contribution in [1.82, 2.24) is 9.55 Å². The van der Waals surface area contributed by atoms with Gasteiger partial charge >= 0.3 is 0 Å². The Balaban J connectivity index is 2.38. The van der Waals surface area contributed by atoms with Crippen LogP contribution in [-0.4, -0.2) is 15.3 Å². The lowest BCUT2D eigenvalue weighted by atomic mass is 10.3. The van der Waals surface area contributed by atoms with Crippen molar-refractivity contribution in [1.29, 1.82) is 0 Å². The fraction of sp³-hybridized carbons (Fsp3) is 0.250. The Morgan fingerprint density at radius 1 is 1.50 bits per heavy atom. The van der Waals surface area contributed by atoms with Crippen LogP contribution in [0.25, 0.3) is 11.0 Å². The van der Waals surface area contributed by atoms with E-state index < -0.39 is 0 Å². The van der Waals surface area contributed by atoms with E-state index in [4.69, 9.17) is 11.6 Å². The van der Waals surface area contributed by atoms with Crippen molar-refractivity contribution in [3.05, 3.63) is 23.2 Å². The van der Waals surface area contributed by atoms with Gasteiger partial charge in [-0.15, -0.1) is 5.92 Å². The minimum absolute atomic E-state index is 0.718. The number of benzene rings is 1. The molecular weight excluding hydrogens is 240 g/mol. The number of fused-ring (bicyclic) bond motifs is 1. The molecule has 0 aliphatic rings. The topological polar surface area (TPSA) is 17.8 Å². The van der Waals surface area contributed by atoms with Crippen LogP contribution >= 0.6 is 23.4 Å². The van der Waals surface area contributed by atoms with Gasteiger partial charge in [-0.2, -0.15) is 0 Å². The molecule has 0 atom stereocenters. The second-order valence-corrected chi connectivity index (χ2v) is 4.68. The molecule has 4 heteroatoms. The molecule has 0 amide bonds. The number of halogens is 1. The minimum atomic E-state index is 0.718. The Labute approximate surface area is 104 Å². The fourth-order valence-electron chi connectivity index (χ4n) is 1.45. The van der Waals surface area contributed by atoms with E-state index in [1.807, 2.05) is 32.2 Å². The van der Waals surface area contributed by atoms with Crippen LogP contribution in [0.3, 0.4) is 0 Å². The van der Waals surface area contributed by atoms with Gasteiger partial charge in [-0.05, 0) is 25.1 Å². The van der Waals surface area contributed by atoms with Crippen LogP contribution in [0.1, 0.15) is 6.92 Å². The Morgan fingerprint density at radius 2 is 2.31 bits per heavy atom. The highest BCUT2D eigenvalue weighted by atomic mass is 35.5. The largest absolute Gasteiger partial charge is 0.322 e. The van der Waals surface area contributed by atoms with Crippen LogP contribution in [0.15, 0.2) is 23.4 Å². The highest BCUT2D eigenvalue weighted by Crippen LogP contribution is 2.24. The monoisotopic (exact) mass is 250 g/mol. The molecular formula is C12H11ClN2S. The molecule has 0 unspecified atom stereocenters. The molecule has 1 heterocycles. The molecule has 0 bridgehead atoms. The van der Waals surface area contributed by atoms with E-state index in [1.165, 1.54) is 0 Å². The van der Waals surface area contributed by atoms with E-state index >= 15 is 0 Å². The van der Waals surface area contributed by atoms with Gasteiger partial charge in [0.25, 0.3) is 0 Å². The van der Waals surface area contributed by atoms with Crippen molar-refractivity contribution < 1.29 is 0 Å². The van der Waals surface area contributed by atoms with E-state index in [0.29, 0.717) is 0 Å². The summed E-state index contributed by atoms with van der Waals surface area (Å²) in [5.41, 5.74) is 2.03. The number of thioether (sulfide) groups is 1. The third-order valence-electron chi connectivity index (χ3n) is 2.25. The van der Waals surface area contributed by atoms with Crippen LogP contribution in [0.2, 0.25) is 5.02 Å². The number of rotatable bonds is 2. The SMILES string of the molecule is CC#CCSc1nc2cc(Cl)ccc2n1C. The zero-order valence-electron chi connectivity index (χ0n) is 9.12. The van der Waals surface area contributed by atoms with Gasteiger partial charge in [0.05, 0.1) is 16.8 Å². The van der Waals surface area contributed by atoms with E-state index in [1.54, 1.807) is 11.8 Å². The van der Waals surface area contributed by atoms with Gasteiger partial charge < -0.3 is 4.57 Å². The molecule has 0 N–H and O–H groups in total. The van der Waals surface area contributed by atoms with Crippen LogP contribution in [0.4, 0.5) is 0 Å². The summed E-state index contributed by atoms with van der Waals surface area (Å²) < 4.78 is 2.06. The minimum Gasteiger partial charge on any atom is -0.322 e. The Kier molecular flexibility index (Phi) is 3.42. The molecule has 0 aliphatic heterocycles. The zero-order chi connectivity index (χ0) is 11.5. The number of aryl methyl sites for hydroxylation is 1. The molecule has 0 saturated carbocycles. The summed E-state index contributed by atoms with van der Waals surface area (Å²) in [6, 6.07) is 5.75. The summed E-state index contributed by atoms with van der Waals surface area (Å²) >= 11 is 7.57. The first-order valence-corrected chi connectivity index (χ1v) is 6.23. The van der Waals surface area contributed by atoms with Crippen molar-refractivity contribution >= 4 is 34.4 Å². The Morgan fingerprint density at radius 3 is 3.06 bits per heavy atom. The van der Waals surface area contributed by atoms with Gasteiger partial charge in [-0.1, -0.05) is 29.3 Å². The van der Waals surface area contributed by atoms with E-state index in [0.717, 1.165) is 27.0 Å². The summed E-state index contributed by atoms with van der Waals surface area (Å²) in [5.74, 6) is 6.65. The third-order valence-corrected chi connectivity index (χ3v) is 3.40. The first-order valence-electron chi connectivity index (χ1n) is 4.87. The maximum absolute atomic E-state index is 5.93. The van der Waals surface area contributed by atoms with Crippen LogP contribution in [0.5, 0.6) is 0 Å². The molecule has 2 nitrogen and oxygen atoms in total. The number of hydrogen-bond donors (Lipinski definition) is 0. The Bertz CT molecular complexity index is 578. The molecule has 16 heavy (non-hydrogen) atoms. The summed E-state index contributed by atoms with van der Waals surface area (Å²) in [6.45, 7) is 1.84. The lowest BCUT2D eigenvalue weighted by Crippen LogP contribution is -1.90. The molecule has 1 aromatic carbocycles. The fourth-order valence-corrected chi connectivity index (χ4v) is 2.42. The molecule has 2 aromatic rings. The molecule has 0 radical (unpaired) electrons. The molecule has 82 valence electrons. The summed E-state index contributed by atoms with van der Waals surface area (Å²) in [7, 11) is 2.00. The van der Waals surface area contributed by atoms with Crippen LogP contribution in [0, 0.1) is 11.8 Å². The van der Waals surface area contributed by atoms with Crippen LogP contribution in [-0.2, 0) is 7.05 Å². The third kappa shape index (κ3) is 2.18. The average molecular weight is 251 g/mol. The number of imidazole rings is 1. The van der Waals surface area contributed by atoms with Gasteiger partial charge in [0.15, 0.2) is 5.16 Å². The standard InChI is InChI=1S/C12H11ClN2S/c1-3-4-7-16-12-14-10-8-9(13)5-6-11(10)15(12)2/h5-6,8H,7H2,1-2H3. The van der Waals surface area contributed by atoms with E-state index in [-0.39, 0.29) is 0 Å². The summed E-state index contributed by atoms with van der Waals surface area (Å²) in [5, 5.41) is 1.69. The van der Waals surface area contributed by atoms with Crippen molar-refractivity contribution in [3.63, 3.8) is 0 Å². The molecule has 2 rings (SSSR count). The quantitative estimate of drug-likeness (QED) is 0.601. The predicted octanol–water partition coefficient (Wildman–Crippen LogP) is 3.34. The lowest BCUT2D eigenvalue weighted by Gasteiger charge is -1.98. The lowest BCUT2D eigenvalue weighted by molar-refractivity contribution is 0.816. The van der Waals surface area contributed by atoms with Crippen LogP contribution < -0.4 is 0 Å².